The Balaban J connectivity index is 0.00000300. The number of alkyl halides is 2. The van der Waals surface area contributed by atoms with Gasteiger partial charge in [-0.15, -0.1) is 12.4 Å². The van der Waals surface area contributed by atoms with Gasteiger partial charge in [-0.3, -0.25) is 9.59 Å². The number of ether oxygens (including phenoxy) is 1. The molecule has 0 radical (unpaired) electrons. The highest BCUT2D eigenvalue weighted by atomic mass is 35.5. The molecule has 2 heterocycles. The molecule has 2 aliphatic heterocycles. The van der Waals surface area contributed by atoms with E-state index in [2.05, 4.69) is 10.1 Å². The zero-order chi connectivity index (χ0) is 20.1. The van der Waals surface area contributed by atoms with Crippen LogP contribution < -0.4 is 10.1 Å². The third-order valence-corrected chi connectivity index (χ3v) is 5.48. The van der Waals surface area contributed by atoms with Gasteiger partial charge < -0.3 is 19.9 Å². The molecule has 1 aromatic rings. The van der Waals surface area contributed by atoms with Crippen molar-refractivity contribution in [2.45, 2.75) is 25.9 Å². The van der Waals surface area contributed by atoms with Crippen LogP contribution in [0.25, 0.3) is 0 Å². The minimum Gasteiger partial charge on any atom is -0.434 e. The number of rotatable bonds is 6. The molecule has 2 aliphatic rings. The molecule has 2 amide bonds. The molecule has 1 aromatic carbocycles. The first-order valence-electron chi connectivity index (χ1n) is 9.76. The Hall–Kier alpha value is -1.93. The number of likely N-dealkylation sites (tertiary alicyclic amines) is 2. The van der Waals surface area contributed by atoms with Crippen molar-refractivity contribution >= 4 is 24.2 Å². The zero-order valence-electron chi connectivity index (χ0n) is 16.5. The summed E-state index contributed by atoms with van der Waals surface area (Å²) in [5.41, 5.74) is 0.103. The Kier molecular flexibility index (Phi) is 8.64. The van der Waals surface area contributed by atoms with E-state index in [1.54, 1.807) is 17.0 Å². The predicted molar refractivity (Wildman–Crippen MR) is 108 cm³/mol. The van der Waals surface area contributed by atoms with Crippen molar-refractivity contribution in [1.82, 2.24) is 15.1 Å². The van der Waals surface area contributed by atoms with Gasteiger partial charge in [0, 0.05) is 26.2 Å². The lowest BCUT2D eigenvalue weighted by Gasteiger charge is -2.34. The van der Waals surface area contributed by atoms with Gasteiger partial charge in [0.1, 0.15) is 5.75 Å². The van der Waals surface area contributed by atoms with Gasteiger partial charge in [-0.05, 0) is 50.9 Å². The number of benzene rings is 1. The lowest BCUT2D eigenvalue weighted by Crippen LogP contribution is -2.46. The smallest absolute Gasteiger partial charge is 0.387 e. The molecule has 29 heavy (non-hydrogen) atoms. The Morgan fingerprint density at radius 3 is 2.66 bits per heavy atom. The molecule has 0 aliphatic carbocycles. The summed E-state index contributed by atoms with van der Waals surface area (Å²) in [6, 6.07) is 6.00. The summed E-state index contributed by atoms with van der Waals surface area (Å²) in [5, 5.41) is 3.15. The van der Waals surface area contributed by atoms with E-state index in [1.165, 1.54) is 12.1 Å². The molecule has 2 fully saturated rings. The van der Waals surface area contributed by atoms with Crippen LogP contribution in [0.1, 0.15) is 29.6 Å². The number of amides is 2. The van der Waals surface area contributed by atoms with Gasteiger partial charge >= 0.3 is 6.61 Å². The average Bonchev–Trinajstić information content (AvgIpc) is 3.16. The molecule has 2 unspecified atom stereocenters. The Morgan fingerprint density at radius 2 is 1.93 bits per heavy atom. The second-order valence-corrected chi connectivity index (χ2v) is 7.46. The summed E-state index contributed by atoms with van der Waals surface area (Å²) in [6.45, 7) is 0.211. The van der Waals surface area contributed by atoms with Gasteiger partial charge in [0.25, 0.3) is 5.91 Å². The summed E-state index contributed by atoms with van der Waals surface area (Å²) < 4.78 is 29.7. The van der Waals surface area contributed by atoms with E-state index in [1.807, 2.05) is 11.9 Å². The van der Waals surface area contributed by atoms with Crippen LogP contribution in [0.4, 0.5) is 8.78 Å². The molecule has 0 aromatic heterocycles. The van der Waals surface area contributed by atoms with Crippen molar-refractivity contribution in [3.05, 3.63) is 29.8 Å². The minimum atomic E-state index is -3.00. The van der Waals surface area contributed by atoms with E-state index in [0.29, 0.717) is 25.4 Å². The zero-order valence-corrected chi connectivity index (χ0v) is 17.3. The van der Waals surface area contributed by atoms with Gasteiger partial charge in [0.2, 0.25) is 5.91 Å². The molecule has 1 N–H and O–H groups in total. The molecular formula is C20H28ClF2N3O3. The van der Waals surface area contributed by atoms with E-state index in [0.717, 1.165) is 32.5 Å². The summed E-state index contributed by atoms with van der Waals surface area (Å²) in [6.07, 6.45) is 2.44. The van der Waals surface area contributed by atoms with Crippen LogP contribution in [0.2, 0.25) is 0 Å². The van der Waals surface area contributed by atoms with E-state index in [-0.39, 0.29) is 41.5 Å². The van der Waals surface area contributed by atoms with Crippen LogP contribution in [0, 0.1) is 11.8 Å². The highest BCUT2D eigenvalue weighted by molar-refractivity contribution is 5.97. The number of hydrogen-bond acceptors (Lipinski definition) is 4. The average molecular weight is 432 g/mol. The molecule has 2 saturated heterocycles. The van der Waals surface area contributed by atoms with E-state index < -0.39 is 6.61 Å². The molecule has 0 saturated carbocycles. The molecule has 6 nitrogen and oxygen atoms in total. The molecule has 2 atom stereocenters. The van der Waals surface area contributed by atoms with E-state index >= 15 is 0 Å². The van der Waals surface area contributed by atoms with Crippen molar-refractivity contribution in [3.8, 4) is 5.75 Å². The normalized spacial score (nSPS) is 21.8. The standard InChI is InChI=1S/C20H27F2N3O3.ClH/c1-23-11-14-8-10-25(12-14)18(26)15-5-4-9-24(13-15)19(27)16-6-2-3-7-17(16)28-20(21)22;/h2-3,6-7,14-15,20,23H,4-5,8-13H2,1H3;1H. The van der Waals surface area contributed by atoms with Crippen molar-refractivity contribution in [2.75, 3.05) is 39.8 Å². The molecule has 3 rings (SSSR count). The number of piperidine rings is 1. The first kappa shape index (κ1) is 23.3. The number of nitrogens with zero attached hydrogens (tertiary/aromatic N) is 2. The van der Waals surface area contributed by atoms with Gasteiger partial charge in [-0.1, -0.05) is 12.1 Å². The van der Waals surface area contributed by atoms with Crippen LogP contribution in [-0.2, 0) is 4.79 Å². The highest BCUT2D eigenvalue weighted by Gasteiger charge is 2.35. The summed E-state index contributed by atoms with van der Waals surface area (Å²) in [5.74, 6) is -0.190. The monoisotopic (exact) mass is 431 g/mol. The fraction of sp³-hybridized carbons (Fsp3) is 0.600. The van der Waals surface area contributed by atoms with Crippen LogP contribution in [-0.4, -0.2) is 68.0 Å². The largest absolute Gasteiger partial charge is 0.434 e. The van der Waals surface area contributed by atoms with Crippen LogP contribution in [0.15, 0.2) is 24.3 Å². The Bertz CT molecular complexity index is 707. The number of halogens is 3. The number of nitrogens with one attached hydrogen (secondary N) is 1. The number of carbonyl (C=O) groups excluding carboxylic acids is 2. The molecule has 9 heteroatoms. The predicted octanol–water partition coefficient (Wildman–Crippen LogP) is 2.63. The summed E-state index contributed by atoms with van der Waals surface area (Å²) in [4.78, 5) is 29.3. The highest BCUT2D eigenvalue weighted by Crippen LogP contribution is 2.27. The third kappa shape index (κ3) is 5.79. The maximum atomic E-state index is 12.9. The topological polar surface area (TPSA) is 61.9 Å². The Morgan fingerprint density at radius 1 is 1.17 bits per heavy atom. The van der Waals surface area contributed by atoms with Crippen LogP contribution in [0.3, 0.4) is 0 Å². The second kappa shape index (κ2) is 10.7. The van der Waals surface area contributed by atoms with Crippen LogP contribution >= 0.6 is 12.4 Å². The quantitative estimate of drug-likeness (QED) is 0.752. The van der Waals surface area contributed by atoms with Crippen molar-refractivity contribution in [1.29, 1.82) is 0 Å². The molecule has 162 valence electrons. The fourth-order valence-corrected chi connectivity index (χ4v) is 4.12. The summed E-state index contributed by atoms with van der Waals surface area (Å²) in [7, 11) is 1.91. The van der Waals surface area contributed by atoms with Gasteiger partial charge in [-0.25, -0.2) is 0 Å². The molecule has 0 spiro atoms. The molecule has 0 bridgehead atoms. The summed E-state index contributed by atoms with van der Waals surface area (Å²) >= 11 is 0. The lowest BCUT2D eigenvalue weighted by molar-refractivity contribution is -0.136. The van der Waals surface area contributed by atoms with Gasteiger partial charge in [0.15, 0.2) is 0 Å². The first-order valence-corrected chi connectivity index (χ1v) is 9.76. The van der Waals surface area contributed by atoms with Gasteiger partial charge in [-0.2, -0.15) is 8.78 Å². The van der Waals surface area contributed by atoms with Crippen molar-refractivity contribution < 1.29 is 23.1 Å². The molecular weight excluding hydrogens is 404 g/mol. The van der Waals surface area contributed by atoms with E-state index in [4.69, 9.17) is 0 Å². The lowest BCUT2D eigenvalue weighted by atomic mass is 9.95. The maximum absolute atomic E-state index is 12.9. The first-order chi connectivity index (χ1) is 13.5. The number of hydrogen-bond donors (Lipinski definition) is 1. The SMILES string of the molecule is CNCC1CCN(C(=O)C2CCCN(C(=O)c3ccccc3OC(F)F)C2)C1.Cl. The maximum Gasteiger partial charge on any atom is 0.387 e. The van der Waals surface area contributed by atoms with Crippen LogP contribution in [0.5, 0.6) is 5.75 Å². The fourth-order valence-electron chi connectivity index (χ4n) is 4.12. The second-order valence-electron chi connectivity index (χ2n) is 7.46. The minimum absolute atomic E-state index is 0. The van der Waals surface area contributed by atoms with E-state index in [9.17, 15) is 18.4 Å². The van der Waals surface area contributed by atoms with Crippen molar-refractivity contribution in [2.24, 2.45) is 11.8 Å². The van der Waals surface area contributed by atoms with Gasteiger partial charge in [0.05, 0.1) is 11.5 Å². The van der Waals surface area contributed by atoms with Crippen molar-refractivity contribution in [3.63, 3.8) is 0 Å². The Labute approximate surface area is 176 Å². The number of carbonyl (C=O) groups is 2. The number of para-hydroxylation sites is 1. The third-order valence-electron chi connectivity index (χ3n) is 5.48.